The average Bonchev–Trinajstić information content (AvgIpc) is 3.01. The van der Waals surface area contributed by atoms with Crippen molar-refractivity contribution in [1.82, 2.24) is 4.90 Å². The van der Waals surface area contributed by atoms with E-state index in [4.69, 9.17) is 5.73 Å². The number of anilines is 1. The summed E-state index contributed by atoms with van der Waals surface area (Å²) in [5.41, 5.74) is 8.19. The predicted octanol–water partition coefficient (Wildman–Crippen LogP) is 2.97. The largest absolute Gasteiger partial charge is 0.368 e. The number of piperazine rings is 1. The minimum absolute atomic E-state index is 0.605. The molecule has 2 fully saturated rings. The van der Waals surface area contributed by atoms with Crippen molar-refractivity contribution >= 4 is 21.6 Å². The number of nitrogens with two attached hydrogens (primary N) is 1. The number of benzene rings is 1. The lowest BCUT2D eigenvalue weighted by molar-refractivity contribution is 0.187. The van der Waals surface area contributed by atoms with Crippen molar-refractivity contribution in [2.45, 2.75) is 38.3 Å². The van der Waals surface area contributed by atoms with Crippen molar-refractivity contribution in [3.05, 3.63) is 28.2 Å². The van der Waals surface area contributed by atoms with E-state index >= 15 is 0 Å². The third kappa shape index (κ3) is 3.02. The molecule has 0 atom stereocenters. The third-order valence-corrected chi connectivity index (χ3v) is 5.38. The summed E-state index contributed by atoms with van der Waals surface area (Å²) in [5.74, 6) is 0. The van der Waals surface area contributed by atoms with Gasteiger partial charge in [-0.05, 0) is 46.5 Å². The van der Waals surface area contributed by atoms with Crippen molar-refractivity contribution < 1.29 is 0 Å². The van der Waals surface area contributed by atoms with E-state index in [0.29, 0.717) is 6.54 Å². The summed E-state index contributed by atoms with van der Waals surface area (Å²) < 4.78 is 1.18. The molecule has 1 aromatic rings. The van der Waals surface area contributed by atoms with E-state index in [1.54, 1.807) is 0 Å². The highest BCUT2D eigenvalue weighted by Crippen LogP contribution is 2.30. The van der Waals surface area contributed by atoms with Crippen LogP contribution in [0.4, 0.5) is 5.69 Å². The topological polar surface area (TPSA) is 32.5 Å². The van der Waals surface area contributed by atoms with Gasteiger partial charge in [0.2, 0.25) is 0 Å². The lowest BCUT2D eigenvalue weighted by Crippen LogP contribution is -2.49. The molecule has 0 radical (unpaired) electrons. The van der Waals surface area contributed by atoms with E-state index in [1.807, 2.05) is 0 Å². The van der Waals surface area contributed by atoms with Gasteiger partial charge in [-0.15, -0.1) is 0 Å². The van der Waals surface area contributed by atoms with Crippen LogP contribution in [-0.4, -0.2) is 37.1 Å². The Morgan fingerprint density at radius 1 is 1.10 bits per heavy atom. The maximum absolute atomic E-state index is 5.69. The zero-order valence-electron chi connectivity index (χ0n) is 12.0. The summed E-state index contributed by atoms with van der Waals surface area (Å²) in [6.45, 7) is 5.29. The van der Waals surface area contributed by atoms with Crippen LogP contribution >= 0.6 is 15.9 Å². The van der Waals surface area contributed by atoms with Crippen molar-refractivity contribution in [2.75, 3.05) is 31.1 Å². The van der Waals surface area contributed by atoms with Crippen LogP contribution in [0, 0.1) is 0 Å². The average molecular weight is 338 g/mol. The number of hydrogen-bond acceptors (Lipinski definition) is 3. The molecule has 1 aromatic carbocycles. The molecule has 110 valence electrons. The van der Waals surface area contributed by atoms with Gasteiger partial charge in [0.1, 0.15) is 0 Å². The third-order valence-electron chi connectivity index (χ3n) is 4.74. The number of halogens is 1. The van der Waals surface area contributed by atoms with E-state index in [-0.39, 0.29) is 0 Å². The van der Waals surface area contributed by atoms with Gasteiger partial charge in [0.05, 0.1) is 5.69 Å². The lowest BCUT2D eigenvalue weighted by atomic mass is 10.1. The first kappa shape index (κ1) is 14.4. The minimum atomic E-state index is 0.605. The monoisotopic (exact) mass is 337 g/mol. The fourth-order valence-electron chi connectivity index (χ4n) is 3.53. The van der Waals surface area contributed by atoms with Crippen LogP contribution in [-0.2, 0) is 6.54 Å². The van der Waals surface area contributed by atoms with Crippen LogP contribution < -0.4 is 10.6 Å². The SMILES string of the molecule is NCc1ccc(N2CCN(C3CCCC3)CC2)c(Br)c1. The molecule has 20 heavy (non-hydrogen) atoms. The zero-order chi connectivity index (χ0) is 13.9. The van der Waals surface area contributed by atoms with Gasteiger partial charge in [-0.2, -0.15) is 0 Å². The Balaban J connectivity index is 1.62. The molecule has 0 bridgehead atoms. The molecular weight excluding hydrogens is 314 g/mol. The van der Waals surface area contributed by atoms with Crippen LogP contribution in [0.25, 0.3) is 0 Å². The highest BCUT2D eigenvalue weighted by Gasteiger charge is 2.26. The molecule has 0 amide bonds. The Morgan fingerprint density at radius 3 is 2.40 bits per heavy atom. The molecule has 2 N–H and O–H groups in total. The first-order valence-electron chi connectivity index (χ1n) is 7.75. The van der Waals surface area contributed by atoms with Crippen molar-refractivity contribution in [3.63, 3.8) is 0 Å². The lowest BCUT2D eigenvalue weighted by Gasteiger charge is -2.39. The molecule has 1 aliphatic carbocycles. The maximum Gasteiger partial charge on any atom is 0.0511 e. The van der Waals surface area contributed by atoms with Gasteiger partial charge < -0.3 is 10.6 Å². The molecule has 0 unspecified atom stereocenters. The second-order valence-corrected chi connectivity index (χ2v) is 6.81. The van der Waals surface area contributed by atoms with E-state index < -0.39 is 0 Å². The molecule has 1 saturated heterocycles. The predicted molar refractivity (Wildman–Crippen MR) is 88.1 cm³/mol. The Morgan fingerprint density at radius 2 is 1.80 bits per heavy atom. The van der Waals surface area contributed by atoms with Gasteiger partial charge in [-0.3, -0.25) is 4.90 Å². The quantitative estimate of drug-likeness (QED) is 0.920. The van der Waals surface area contributed by atoms with E-state index in [2.05, 4.69) is 43.9 Å². The molecule has 4 heteroatoms. The zero-order valence-corrected chi connectivity index (χ0v) is 13.6. The van der Waals surface area contributed by atoms with E-state index in [1.165, 1.54) is 54.5 Å². The highest BCUT2D eigenvalue weighted by atomic mass is 79.9. The smallest absolute Gasteiger partial charge is 0.0511 e. The van der Waals surface area contributed by atoms with Gasteiger partial charge in [0.15, 0.2) is 0 Å². The second-order valence-electron chi connectivity index (χ2n) is 5.95. The first-order chi connectivity index (χ1) is 9.78. The van der Waals surface area contributed by atoms with Gasteiger partial charge in [-0.25, -0.2) is 0 Å². The molecule has 0 spiro atoms. The molecule has 1 saturated carbocycles. The molecule has 0 aromatic heterocycles. The molecule has 2 aliphatic rings. The van der Waals surface area contributed by atoms with Crippen molar-refractivity contribution in [1.29, 1.82) is 0 Å². The van der Waals surface area contributed by atoms with Crippen molar-refractivity contribution in [3.8, 4) is 0 Å². The Kier molecular flexibility index (Phi) is 4.64. The van der Waals surface area contributed by atoms with Gasteiger partial charge in [-0.1, -0.05) is 18.9 Å². The fraction of sp³-hybridized carbons (Fsp3) is 0.625. The van der Waals surface area contributed by atoms with E-state index in [9.17, 15) is 0 Å². The molecule has 1 heterocycles. The second kappa shape index (κ2) is 6.46. The van der Waals surface area contributed by atoms with Crippen LogP contribution in [0.1, 0.15) is 31.2 Å². The Bertz CT molecular complexity index is 449. The molecule has 3 rings (SSSR count). The summed E-state index contributed by atoms with van der Waals surface area (Å²) in [5, 5.41) is 0. The summed E-state index contributed by atoms with van der Waals surface area (Å²) in [6.07, 6.45) is 5.68. The molecule has 3 nitrogen and oxygen atoms in total. The number of hydrogen-bond donors (Lipinski definition) is 1. The first-order valence-corrected chi connectivity index (χ1v) is 8.55. The van der Waals surface area contributed by atoms with E-state index in [0.717, 1.165) is 19.1 Å². The van der Waals surface area contributed by atoms with Crippen molar-refractivity contribution in [2.24, 2.45) is 5.73 Å². The Labute approximate surface area is 130 Å². The van der Waals surface area contributed by atoms with Crippen LogP contribution in [0.3, 0.4) is 0 Å². The van der Waals surface area contributed by atoms with Gasteiger partial charge in [0, 0.05) is 43.2 Å². The summed E-state index contributed by atoms with van der Waals surface area (Å²) >= 11 is 3.69. The van der Waals surface area contributed by atoms with Crippen LogP contribution in [0.15, 0.2) is 22.7 Å². The summed E-state index contributed by atoms with van der Waals surface area (Å²) in [6, 6.07) is 7.36. The minimum Gasteiger partial charge on any atom is -0.368 e. The normalized spacial score (nSPS) is 21.6. The standard InChI is InChI=1S/C16H24BrN3/c17-15-11-13(12-18)5-6-16(15)20-9-7-19(8-10-20)14-3-1-2-4-14/h5-6,11,14H,1-4,7-10,12,18H2. The highest BCUT2D eigenvalue weighted by molar-refractivity contribution is 9.10. The maximum atomic E-state index is 5.69. The van der Waals surface area contributed by atoms with Crippen LogP contribution in [0.2, 0.25) is 0 Å². The number of rotatable bonds is 3. The van der Waals surface area contributed by atoms with Gasteiger partial charge >= 0.3 is 0 Å². The summed E-state index contributed by atoms with van der Waals surface area (Å²) in [7, 11) is 0. The number of nitrogens with zero attached hydrogens (tertiary/aromatic N) is 2. The Hall–Kier alpha value is -0.580. The van der Waals surface area contributed by atoms with Crippen LogP contribution in [0.5, 0.6) is 0 Å². The van der Waals surface area contributed by atoms with Gasteiger partial charge in [0.25, 0.3) is 0 Å². The molecular formula is C16H24BrN3. The molecule has 1 aliphatic heterocycles. The fourth-order valence-corrected chi connectivity index (χ4v) is 4.21. The summed E-state index contributed by atoms with van der Waals surface area (Å²) in [4.78, 5) is 5.20.